The van der Waals surface area contributed by atoms with Crippen LogP contribution in [0.1, 0.15) is 11.1 Å². The molecule has 220 valence electrons. The fourth-order valence-corrected chi connectivity index (χ4v) is 6.64. The van der Waals surface area contributed by atoms with Crippen LogP contribution in [-0.4, -0.2) is 19.9 Å². The maximum absolute atomic E-state index is 5.30. The fourth-order valence-electron chi connectivity index (χ4n) is 6.64. The second kappa shape index (κ2) is 11.3. The van der Waals surface area contributed by atoms with Gasteiger partial charge in [-0.25, -0.2) is 19.9 Å². The Hall–Kier alpha value is -6.26. The molecule has 1 aliphatic carbocycles. The van der Waals surface area contributed by atoms with Crippen molar-refractivity contribution in [3.05, 3.63) is 169 Å². The summed E-state index contributed by atoms with van der Waals surface area (Å²) in [5, 5.41) is 1.03. The summed E-state index contributed by atoms with van der Waals surface area (Å²) in [6.07, 6.45) is 0.783. The van der Waals surface area contributed by atoms with Crippen molar-refractivity contribution >= 4 is 10.9 Å². The average Bonchev–Trinajstić information content (AvgIpc) is 3.53. The van der Waals surface area contributed by atoms with E-state index >= 15 is 0 Å². The molecule has 8 aromatic rings. The normalized spacial score (nSPS) is 11.7. The van der Waals surface area contributed by atoms with E-state index in [0.29, 0.717) is 5.82 Å². The van der Waals surface area contributed by atoms with E-state index in [0.717, 1.165) is 79.2 Å². The van der Waals surface area contributed by atoms with Crippen molar-refractivity contribution in [2.75, 3.05) is 0 Å². The molecule has 0 spiro atoms. The van der Waals surface area contributed by atoms with E-state index in [1.54, 1.807) is 0 Å². The Balaban J connectivity index is 1.31. The van der Waals surface area contributed by atoms with Crippen LogP contribution in [0.3, 0.4) is 0 Å². The average molecular weight is 601 g/mol. The lowest BCUT2D eigenvalue weighted by Crippen LogP contribution is -2.00. The quantitative estimate of drug-likeness (QED) is 0.197. The molecule has 0 amide bonds. The molecule has 0 radical (unpaired) electrons. The molecule has 4 heteroatoms. The third-order valence-corrected chi connectivity index (χ3v) is 8.90. The van der Waals surface area contributed by atoms with Gasteiger partial charge in [0.25, 0.3) is 0 Å². The van der Waals surface area contributed by atoms with Gasteiger partial charge >= 0.3 is 0 Å². The Morgan fingerprint density at radius 3 is 1.70 bits per heavy atom. The smallest absolute Gasteiger partial charge is 0.160 e. The van der Waals surface area contributed by atoms with Crippen molar-refractivity contribution in [3.63, 3.8) is 0 Å². The van der Waals surface area contributed by atoms with Crippen molar-refractivity contribution in [2.45, 2.75) is 6.42 Å². The molecule has 6 aromatic carbocycles. The molecule has 0 atom stereocenters. The summed E-state index contributed by atoms with van der Waals surface area (Å²) in [4.78, 5) is 20.8. The Morgan fingerprint density at radius 2 is 0.915 bits per heavy atom. The van der Waals surface area contributed by atoms with Crippen LogP contribution in [0.2, 0.25) is 0 Å². The highest BCUT2D eigenvalue weighted by molar-refractivity contribution is 5.94. The molecular weight excluding hydrogens is 573 g/mol. The van der Waals surface area contributed by atoms with Crippen LogP contribution in [0, 0.1) is 0 Å². The number of fused-ring (bicyclic) bond motifs is 4. The van der Waals surface area contributed by atoms with Gasteiger partial charge in [-0.1, -0.05) is 133 Å². The summed E-state index contributed by atoms with van der Waals surface area (Å²) < 4.78 is 0. The number of hydrogen-bond acceptors (Lipinski definition) is 4. The van der Waals surface area contributed by atoms with E-state index in [2.05, 4.69) is 115 Å². The van der Waals surface area contributed by atoms with Crippen molar-refractivity contribution in [2.24, 2.45) is 0 Å². The van der Waals surface area contributed by atoms with E-state index in [4.69, 9.17) is 19.9 Å². The number of benzene rings is 6. The predicted molar refractivity (Wildman–Crippen MR) is 191 cm³/mol. The second-order valence-corrected chi connectivity index (χ2v) is 11.9. The van der Waals surface area contributed by atoms with Crippen LogP contribution in [0.25, 0.3) is 78.6 Å². The van der Waals surface area contributed by atoms with Crippen LogP contribution in [-0.2, 0) is 6.42 Å². The first kappa shape index (κ1) is 27.1. The Kier molecular flexibility index (Phi) is 6.50. The molecule has 0 bridgehead atoms. The van der Waals surface area contributed by atoms with Crippen LogP contribution < -0.4 is 0 Å². The van der Waals surface area contributed by atoms with E-state index in [1.165, 1.54) is 11.1 Å². The van der Waals surface area contributed by atoms with Crippen LogP contribution >= 0.6 is 0 Å². The van der Waals surface area contributed by atoms with Gasteiger partial charge in [0.1, 0.15) is 0 Å². The molecule has 2 heterocycles. The van der Waals surface area contributed by atoms with Crippen molar-refractivity contribution in [1.29, 1.82) is 0 Å². The highest BCUT2D eigenvalue weighted by atomic mass is 14.9. The highest BCUT2D eigenvalue weighted by Crippen LogP contribution is 2.42. The first-order chi connectivity index (χ1) is 23.3. The summed E-state index contributed by atoms with van der Waals surface area (Å²) in [6, 6.07) is 54.6. The predicted octanol–water partition coefficient (Wildman–Crippen LogP) is 10.3. The van der Waals surface area contributed by atoms with Gasteiger partial charge in [0.05, 0.1) is 22.6 Å². The fraction of sp³-hybridized carbons (Fsp3) is 0.0233. The van der Waals surface area contributed by atoms with E-state index in [1.807, 2.05) is 42.5 Å². The zero-order valence-electron chi connectivity index (χ0n) is 25.5. The molecule has 0 saturated heterocycles. The minimum Gasteiger partial charge on any atom is -0.228 e. The maximum atomic E-state index is 5.30. The number of para-hydroxylation sites is 1. The summed E-state index contributed by atoms with van der Waals surface area (Å²) in [6.45, 7) is 0. The number of nitrogens with zero attached hydrogens (tertiary/aromatic N) is 4. The minimum atomic E-state index is 0.679. The molecule has 0 saturated carbocycles. The van der Waals surface area contributed by atoms with Gasteiger partial charge in [-0.3, -0.25) is 0 Å². The van der Waals surface area contributed by atoms with Gasteiger partial charge in [-0.15, -0.1) is 0 Å². The molecule has 4 nitrogen and oxygen atoms in total. The van der Waals surface area contributed by atoms with Gasteiger partial charge < -0.3 is 0 Å². The van der Waals surface area contributed by atoms with Gasteiger partial charge in [0.15, 0.2) is 11.6 Å². The largest absolute Gasteiger partial charge is 0.228 e. The first-order valence-corrected chi connectivity index (χ1v) is 15.9. The third-order valence-electron chi connectivity index (χ3n) is 8.90. The maximum Gasteiger partial charge on any atom is 0.160 e. The lowest BCUT2D eigenvalue weighted by Gasteiger charge is -2.15. The monoisotopic (exact) mass is 600 g/mol. The molecule has 9 rings (SSSR count). The summed E-state index contributed by atoms with van der Waals surface area (Å²) in [5.41, 5.74) is 13.6. The van der Waals surface area contributed by atoms with Crippen LogP contribution in [0.15, 0.2) is 158 Å². The molecule has 0 aliphatic heterocycles. The van der Waals surface area contributed by atoms with Crippen molar-refractivity contribution in [3.8, 4) is 67.7 Å². The molecule has 0 unspecified atom stereocenters. The number of aromatic nitrogens is 4. The van der Waals surface area contributed by atoms with Gasteiger partial charge in [-0.05, 0) is 41.0 Å². The Bertz CT molecular complexity index is 2420. The van der Waals surface area contributed by atoms with Crippen molar-refractivity contribution in [1.82, 2.24) is 19.9 Å². The van der Waals surface area contributed by atoms with E-state index in [9.17, 15) is 0 Å². The zero-order chi connectivity index (χ0) is 31.2. The number of rotatable bonds is 5. The minimum absolute atomic E-state index is 0.679. The van der Waals surface area contributed by atoms with Crippen LogP contribution in [0.4, 0.5) is 0 Å². The van der Waals surface area contributed by atoms with Gasteiger partial charge in [0, 0.05) is 45.2 Å². The molecule has 1 aliphatic rings. The zero-order valence-corrected chi connectivity index (χ0v) is 25.5. The number of hydrogen-bond donors (Lipinski definition) is 0. The van der Waals surface area contributed by atoms with Gasteiger partial charge in [-0.2, -0.15) is 0 Å². The first-order valence-electron chi connectivity index (χ1n) is 15.9. The van der Waals surface area contributed by atoms with E-state index in [-0.39, 0.29) is 0 Å². The summed E-state index contributed by atoms with van der Waals surface area (Å²) in [7, 11) is 0. The summed E-state index contributed by atoms with van der Waals surface area (Å²) >= 11 is 0. The van der Waals surface area contributed by atoms with Crippen molar-refractivity contribution < 1.29 is 0 Å². The standard InChI is InChI=1S/C43H28N4/c1-4-14-28(15-5-1)32-24-33(26-34(25-32)43-44-38-23-13-12-22-36(38)39(45-43)29-16-6-2-7-17-29)40-37-27-31-20-10-11-21-35(31)41(37)47-42(46-40)30-18-8-3-9-19-30/h1-26H,27H2. The second-order valence-electron chi connectivity index (χ2n) is 11.9. The van der Waals surface area contributed by atoms with Gasteiger partial charge in [0.2, 0.25) is 0 Å². The molecule has 47 heavy (non-hydrogen) atoms. The van der Waals surface area contributed by atoms with E-state index < -0.39 is 0 Å². The topological polar surface area (TPSA) is 51.6 Å². The highest BCUT2D eigenvalue weighted by Gasteiger charge is 2.26. The Labute approximate surface area is 273 Å². The molecule has 0 fully saturated rings. The lowest BCUT2D eigenvalue weighted by molar-refractivity contribution is 1.13. The lowest BCUT2D eigenvalue weighted by atomic mass is 9.95. The SMILES string of the molecule is c1ccc(-c2cc(-c3nc(-c4ccccc4)c4ccccc4n3)cc(-c3nc(-c4ccccc4)nc4c3Cc3ccccc3-4)c2)cc1. The summed E-state index contributed by atoms with van der Waals surface area (Å²) in [5.74, 6) is 1.40. The molecular formula is C43H28N4. The molecule has 2 aromatic heterocycles. The molecule has 0 N–H and O–H groups in total. The third kappa shape index (κ3) is 4.88. The Morgan fingerprint density at radius 1 is 0.362 bits per heavy atom. The van der Waals surface area contributed by atoms with Crippen LogP contribution in [0.5, 0.6) is 0 Å².